The summed E-state index contributed by atoms with van der Waals surface area (Å²) in [6.07, 6.45) is -0.141. The minimum Gasteiger partial charge on any atom is -0.497 e. The lowest BCUT2D eigenvalue weighted by molar-refractivity contribution is -0.146. The lowest BCUT2D eigenvalue weighted by Gasteiger charge is -2.16. The Morgan fingerprint density at radius 2 is 1.88 bits per heavy atom. The number of carbonyl (C=O) groups excluding carboxylic acids is 1. The van der Waals surface area contributed by atoms with Gasteiger partial charge >= 0.3 is 6.03 Å². The molecule has 1 saturated heterocycles. The Hall–Kier alpha value is -3.40. The first-order valence-electron chi connectivity index (χ1n) is 11.3. The van der Waals surface area contributed by atoms with Crippen LogP contribution in [0.2, 0.25) is 0 Å². The average molecular weight is 466 g/mol. The van der Waals surface area contributed by atoms with Crippen LogP contribution in [0.3, 0.4) is 0 Å². The number of nitrogens with one attached hydrogen (secondary N) is 2. The summed E-state index contributed by atoms with van der Waals surface area (Å²) in [4.78, 5) is 18.8. The van der Waals surface area contributed by atoms with E-state index in [0.29, 0.717) is 25.5 Å². The predicted molar refractivity (Wildman–Crippen MR) is 130 cm³/mol. The number of hydroxylamine groups is 2. The van der Waals surface area contributed by atoms with Gasteiger partial charge in [0.2, 0.25) is 0 Å². The third-order valence-electron chi connectivity index (χ3n) is 5.86. The van der Waals surface area contributed by atoms with Crippen LogP contribution in [0.4, 0.5) is 10.6 Å². The van der Waals surface area contributed by atoms with Gasteiger partial charge in [-0.15, -0.1) is 0 Å². The van der Waals surface area contributed by atoms with Crippen molar-refractivity contribution in [3.8, 4) is 22.7 Å². The number of para-hydroxylation sites is 1. The minimum absolute atomic E-state index is 0.141. The maximum absolute atomic E-state index is 13.0. The quantitative estimate of drug-likeness (QED) is 0.528. The number of benzene rings is 2. The van der Waals surface area contributed by atoms with E-state index >= 15 is 0 Å². The second kappa shape index (κ2) is 10.7. The molecule has 0 radical (unpaired) electrons. The summed E-state index contributed by atoms with van der Waals surface area (Å²) in [5, 5.41) is 12.7. The highest BCUT2D eigenvalue weighted by molar-refractivity contribution is 5.91. The fourth-order valence-electron chi connectivity index (χ4n) is 3.95. The van der Waals surface area contributed by atoms with Crippen LogP contribution in [0.5, 0.6) is 5.75 Å². The van der Waals surface area contributed by atoms with Crippen molar-refractivity contribution in [1.29, 1.82) is 0 Å². The van der Waals surface area contributed by atoms with E-state index in [1.54, 1.807) is 18.9 Å². The van der Waals surface area contributed by atoms with Crippen LogP contribution in [0.15, 0.2) is 54.6 Å². The largest absolute Gasteiger partial charge is 0.497 e. The zero-order valence-corrected chi connectivity index (χ0v) is 19.9. The van der Waals surface area contributed by atoms with Gasteiger partial charge in [0.15, 0.2) is 0 Å². The highest BCUT2D eigenvalue weighted by atomic mass is 16.7. The summed E-state index contributed by atoms with van der Waals surface area (Å²) in [5.74, 6) is 1.38. The molecule has 1 aliphatic rings. The summed E-state index contributed by atoms with van der Waals surface area (Å²) >= 11 is 0. The highest BCUT2D eigenvalue weighted by Gasteiger charge is 2.32. The highest BCUT2D eigenvalue weighted by Crippen LogP contribution is 2.31. The van der Waals surface area contributed by atoms with Gasteiger partial charge in [0.25, 0.3) is 0 Å². The first-order valence-corrected chi connectivity index (χ1v) is 11.3. The van der Waals surface area contributed by atoms with E-state index in [9.17, 15) is 4.79 Å². The van der Waals surface area contributed by atoms with Crippen LogP contribution in [-0.2, 0) is 9.57 Å². The smallest absolute Gasteiger partial charge is 0.320 e. The van der Waals surface area contributed by atoms with Crippen molar-refractivity contribution in [1.82, 2.24) is 20.2 Å². The van der Waals surface area contributed by atoms with Crippen molar-refractivity contribution in [3.63, 3.8) is 0 Å². The van der Waals surface area contributed by atoms with Gasteiger partial charge in [0.1, 0.15) is 11.6 Å². The molecule has 2 N–H and O–H groups in total. The number of amides is 2. The molecule has 9 heteroatoms. The van der Waals surface area contributed by atoms with Crippen molar-refractivity contribution in [3.05, 3.63) is 60.2 Å². The Morgan fingerprint density at radius 3 is 2.56 bits per heavy atom. The molecule has 34 heavy (non-hydrogen) atoms. The van der Waals surface area contributed by atoms with Crippen LogP contribution >= 0.6 is 0 Å². The molecular weight excluding hydrogens is 434 g/mol. The maximum Gasteiger partial charge on any atom is 0.320 e. The third kappa shape index (κ3) is 5.22. The van der Waals surface area contributed by atoms with Crippen LogP contribution < -0.4 is 15.4 Å². The molecule has 0 spiro atoms. The average Bonchev–Trinajstić information content (AvgIpc) is 3.37. The summed E-state index contributed by atoms with van der Waals surface area (Å²) in [6.45, 7) is 5.70. The molecule has 2 aromatic carbocycles. The number of nitrogens with zero attached hydrogens (tertiary/aromatic N) is 3. The fourth-order valence-corrected chi connectivity index (χ4v) is 3.95. The standard InChI is InChI=1S/C25H31N5O4/c1-17-23(19-10-12-21(33-4)13-11-19)28-30(20-8-6-5-7-9-20)24(17)27-25(31)26-22-16-29(14-15-32-3)34-18(22)2/h5-13,18,22H,14-16H2,1-4H3,(H2,26,27,31)/t18-,22+/m0/s1. The van der Waals surface area contributed by atoms with Crippen molar-refractivity contribution >= 4 is 11.8 Å². The normalized spacial score (nSPS) is 18.1. The van der Waals surface area contributed by atoms with Gasteiger partial charge < -0.3 is 14.8 Å². The summed E-state index contributed by atoms with van der Waals surface area (Å²) in [7, 11) is 3.29. The van der Waals surface area contributed by atoms with Gasteiger partial charge in [-0.05, 0) is 50.2 Å². The second-order valence-corrected chi connectivity index (χ2v) is 8.19. The first kappa shape index (κ1) is 23.7. The first-order chi connectivity index (χ1) is 16.5. The summed E-state index contributed by atoms with van der Waals surface area (Å²) in [5.41, 5.74) is 3.43. The molecule has 2 heterocycles. The van der Waals surface area contributed by atoms with Gasteiger partial charge in [-0.1, -0.05) is 18.2 Å². The number of carbonyl (C=O) groups is 1. The number of ether oxygens (including phenoxy) is 2. The van der Waals surface area contributed by atoms with Gasteiger partial charge in [0, 0.05) is 31.3 Å². The third-order valence-corrected chi connectivity index (χ3v) is 5.86. The predicted octanol–water partition coefficient (Wildman–Crippen LogP) is 3.63. The van der Waals surface area contributed by atoms with E-state index in [0.717, 1.165) is 28.3 Å². The molecule has 2 atom stereocenters. The SMILES string of the molecule is COCCN1C[C@@H](NC(=O)Nc2c(C)c(-c3ccc(OC)cc3)nn2-c2ccccc2)[C@H](C)O1. The Morgan fingerprint density at radius 1 is 1.15 bits per heavy atom. The molecule has 3 aromatic rings. The molecule has 2 amide bonds. The van der Waals surface area contributed by atoms with Crippen LogP contribution in [0.25, 0.3) is 16.9 Å². The lowest BCUT2D eigenvalue weighted by atomic mass is 10.1. The number of urea groups is 1. The van der Waals surface area contributed by atoms with Gasteiger partial charge in [0.05, 0.1) is 37.2 Å². The second-order valence-electron chi connectivity index (χ2n) is 8.19. The Balaban J connectivity index is 1.57. The number of hydrogen-bond donors (Lipinski definition) is 2. The lowest BCUT2D eigenvalue weighted by Crippen LogP contribution is -2.44. The van der Waals surface area contributed by atoms with E-state index in [1.807, 2.05) is 73.5 Å². The maximum atomic E-state index is 13.0. The topological polar surface area (TPSA) is 89.9 Å². The zero-order chi connectivity index (χ0) is 24.1. The molecule has 0 aliphatic carbocycles. The van der Waals surface area contributed by atoms with Crippen LogP contribution in [-0.4, -0.2) is 66.9 Å². The number of aromatic nitrogens is 2. The molecule has 4 rings (SSSR count). The molecule has 0 bridgehead atoms. The van der Waals surface area contributed by atoms with E-state index in [4.69, 9.17) is 19.4 Å². The number of methoxy groups -OCH3 is 2. The van der Waals surface area contributed by atoms with Crippen molar-refractivity contribution in [2.24, 2.45) is 0 Å². The van der Waals surface area contributed by atoms with Crippen molar-refractivity contribution < 1.29 is 19.1 Å². The van der Waals surface area contributed by atoms with E-state index in [-0.39, 0.29) is 18.2 Å². The van der Waals surface area contributed by atoms with Gasteiger partial charge in [-0.3, -0.25) is 10.2 Å². The summed E-state index contributed by atoms with van der Waals surface area (Å²) in [6, 6.07) is 17.0. The van der Waals surface area contributed by atoms with Crippen LogP contribution in [0, 0.1) is 6.92 Å². The fraction of sp³-hybridized carbons (Fsp3) is 0.360. The van der Waals surface area contributed by atoms with Gasteiger partial charge in [-0.25, -0.2) is 9.48 Å². The molecule has 1 aliphatic heterocycles. The number of hydrogen-bond acceptors (Lipinski definition) is 6. The molecule has 180 valence electrons. The molecule has 1 fully saturated rings. The van der Waals surface area contributed by atoms with E-state index in [2.05, 4.69) is 10.6 Å². The van der Waals surface area contributed by atoms with Crippen molar-refractivity contribution in [2.45, 2.75) is 26.0 Å². The molecule has 1 aromatic heterocycles. The van der Waals surface area contributed by atoms with E-state index in [1.165, 1.54) is 0 Å². The van der Waals surface area contributed by atoms with Crippen molar-refractivity contribution in [2.75, 3.05) is 39.2 Å². The monoisotopic (exact) mass is 465 g/mol. The Labute approximate surface area is 199 Å². The molecule has 0 saturated carbocycles. The Bertz CT molecular complexity index is 1100. The van der Waals surface area contributed by atoms with Crippen LogP contribution in [0.1, 0.15) is 12.5 Å². The molecular formula is C25H31N5O4. The van der Waals surface area contributed by atoms with E-state index < -0.39 is 0 Å². The number of rotatable bonds is 8. The summed E-state index contributed by atoms with van der Waals surface area (Å²) < 4.78 is 12.2. The minimum atomic E-state index is -0.310. The molecule has 0 unspecified atom stereocenters. The molecule has 9 nitrogen and oxygen atoms in total. The Kier molecular flexibility index (Phi) is 7.46. The zero-order valence-electron chi connectivity index (χ0n) is 19.9. The van der Waals surface area contributed by atoms with Gasteiger partial charge in [-0.2, -0.15) is 10.2 Å². The number of anilines is 1.